The third kappa shape index (κ3) is 27.4. The van der Waals surface area contributed by atoms with Crippen LogP contribution < -0.4 is 14.2 Å². The summed E-state index contributed by atoms with van der Waals surface area (Å²) in [6, 6.07) is 3.45. The van der Waals surface area contributed by atoms with Gasteiger partial charge in [0.2, 0.25) is 5.75 Å². The number of terminal acetylenes is 1. The lowest BCUT2D eigenvalue weighted by Crippen LogP contribution is -2.16. The second-order valence-corrected chi connectivity index (χ2v) is 9.98. The molecule has 15 heteroatoms. The van der Waals surface area contributed by atoms with Crippen molar-refractivity contribution in [1.29, 1.82) is 0 Å². The summed E-state index contributed by atoms with van der Waals surface area (Å²) in [5.41, 5.74) is 0.575. The minimum atomic E-state index is 0.244. The van der Waals surface area contributed by atoms with Crippen LogP contribution in [0.25, 0.3) is 0 Å². The minimum absolute atomic E-state index is 0.244. The molecule has 0 aliphatic heterocycles. The van der Waals surface area contributed by atoms with Gasteiger partial charge in [-0.2, -0.15) is 0 Å². The highest BCUT2D eigenvalue weighted by Crippen LogP contribution is 2.39. The van der Waals surface area contributed by atoms with Gasteiger partial charge in [0.05, 0.1) is 139 Å². The van der Waals surface area contributed by atoms with Crippen LogP contribution in [0, 0.1) is 12.3 Å². The maximum Gasteiger partial charge on any atom is 0.203 e. The molecular formula is C35H60O15. The maximum atomic E-state index is 6.09. The van der Waals surface area contributed by atoms with E-state index in [-0.39, 0.29) is 19.8 Å². The second-order valence-electron chi connectivity index (χ2n) is 9.98. The second kappa shape index (κ2) is 36.5. The normalized spacial score (nSPS) is 11.2. The van der Waals surface area contributed by atoms with Crippen LogP contribution in [0.5, 0.6) is 17.2 Å². The van der Waals surface area contributed by atoms with Crippen LogP contribution in [0.1, 0.15) is 5.56 Å². The highest BCUT2D eigenvalue weighted by molar-refractivity contribution is 5.57. The largest absolute Gasteiger partial charge is 0.487 e. The molecule has 0 bridgehead atoms. The molecule has 0 N–H and O–H groups in total. The predicted molar refractivity (Wildman–Crippen MR) is 184 cm³/mol. The van der Waals surface area contributed by atoms with E-state index >= 15 is 0 Å². The van der Waals surface area contributed by atoms with Crippen LogP contribution in [0.2, 0.25) is 0 Å². The average Bonchev–Trinajstić information content (AvgIpc) is 3.13. The Kier molecular flexibility index (Phi) is 33.4. The summed E-state index contributed by atoms with van der Waals surface area (Å²) in [4.78, 5) is 0. The summed E-state index contributed by atoms with van der Waals surface area (Å²) < 4.78 is 82.5. The van der Waals surface area contributed by atoms with Crippen molar-refractivity contribution in [3.63, 3.8) is 0 Å². The quantitative estimate of drug-likeness (QED) is 0.0723. The standard InChI is InChI=1S/C35H60O15/c1-5-32-30-33(48-27-24-45-21-18-42-15-12-39-9-6-36-2)35(50-29-26-47-23-20-44-17-14-41-11-8-38-4)34(31-32)49-28-25-46-22-19-43-16-13-40-10-7-37-3/h1,30-31H,6-29H2,2-4H3. The van der Waals surface area contributed by atoms with E-state index in [1.54, 1.807) is 33.5 Å². The zero-order valence-corrected chi connectivity index (χ0v) is 30.3. The Bertz CT molecular complexity index is 866. The number of rotatable bonds is 39. The molecule has 0 aliphatic rings. The van der Waals surface area contributed by atoms with Crippen molar-refractivity contribution < 1.29 is 71.1 Å². The average molecular weight is 721 g/mol. The molecule has 50 heavy (non-hydrogen) atoms. The fourth-order valence-corrected chi connectivity index (χ4v) is 3.69. The van der Waals surface area contributed by atoms with Crippen molar-refractivity contribution in [1.82, 2.24) is 0 Å². The van der Waals surface area contributed by atoms with Crippen molar-refractivity contribution >= 4 is 0 Å². The molecule has 0 saturated heterocycles. The van der Waals surface area contributed by atoms with Crippen LogP contribution in [-0.2, 0) is 56.8 Å². The molecule has 0 aliphatic carbocycles. The lowest BCUT2D eigenvalue weighted by Gasteiger charge is -2.18. The fourth-order valence-electron chi connectivity index (χ4n) is 3.69. The van der Waals surface area contributed by atoms with Crippen molar-refractivity contribution in [2.75, 3.05) is 180 Å². The molecule has 0 heterocycles. The van der Waals surface area contributed by atoms with Crippen LogP contribution in [0.4, 0.5) is 0 Å². The number of benzene rings is 1. The van der Waals surface area contributed by atoms with E-state index in [1.807, 2.05) is 0 Å². The Morgan fingerprint density at radius 2 is 0.600 bits per heavy atom. The molecule has 0 spiro atoms. The molecule has 1 aromatic carbocycles. The van der Waals surface area contributed by atoms with Gasteiger partial charge in [0.15, 0.2) is 11.5 Å². The summed E-state index contributed by atoms with van der Waals surface area (Å²) in [6.45, 7) is 10.5. The van der Waals surface area contributed by atoms with Gasteiger partial charge >= 0.3 is 0 Å². The topological polar surface area (TPSA) is 138 Å². The summed E-state index contributed by atoms with van der Waals surface area (Å²) >= 11 is 0. The van der Waals surface area contributed by atoms with E-state index in [2.05, 4.69) is 5.92 Å². The van der Waals surface area contributed by atoms with Crippen LogP contribution in [-0.4, -0.2) is 180 Å². The molecule has 0 unspecified atom stereocenters. The third-order valence-electron chi connectivity index (χ3n) is 6.16. The molecule has 0 radical (unpaired) electrons. The Balaban J connectivity index is 2.51. The molecule has 0 atom stereocenters. The van der Waals surface area contributed by atoms with Crippen LogP contribution in [0.3, 0.4) is 0 Å². The first-order chi connectivity index (χ1) is 24.8. The summed E-state index contributed by atoms with van der Waals surface area (Å²) in [6.07, 6.45) is 5.74. The van der Waals surface area contributed by atoms with Gasteiger partial charge < -0.3 is 71.1 Å². The minimum Gasteiger partial charge on any atom is -0.487 e. The lowest BCUT2D eigenvalue weighted by atomic mass is 10.2. The van der Waals surface area contributed by atoms with E-state index < -0.39 is 0 Å². The van der Waals surface area contributed by atoms with Gasteiger partial charge in [-0.3, -0.25) is 0 Å². The number of hydrogen-bond donors (Lipinski definition) is 0. The Hall–Kier alpha value is -2.30. The van der Waals surface area contributed by atoms with Crippen LogP contribution >= 0.6 is 0 Å². The van der Waals surface area contributed by atoms with E-state index in [4.69, 9.17) is 77.5 Å². The zero-order valence-electron chi connectivity index (χ0n) is 30.3. The van der Waals surface area contributed by atoms with Gasteiger partial charge in [0.1, 0.15) is 19.8 Å². The third-order valence-corrected chi connectivity index (χ3v) is 6.16. The highest BCUT2D eigenvalue weighted by atomic mass is 16.6. The van der Waals surface area contributed by atoms with Crippen molar-refractivity contribution in [2.24, 2.45) is 0 Å². The molecule has 290 valence electrons. The van der Waals surface area contributed by atoms with E-state index in [9.17, 15) is 0 Å². The Morgan fingerprint density at radius 1 is 0.360 bits per heavy atom. The number of methoxy groups -OCH3 is 3. The SMILES string of the molecule is C#Cc1cc(OCCOCCOCCOCCOC)c(OCCOCCOCCOCCOC)c(OCCOCCOCCOCCOC)c1. The van der Waals surface area contributed by atoms with Gasteiger partial charge in [-0.1, -0.05) is 5.92 Å². The molecule has 0 saturated carbocycles. The Labute approximate surface area is 298 Å². The zero-order chi connectivity index (χ0) is 36.0. The number of ether oxygens (including phenoxy) is 15. The summed E-state index contributed by atoms with van der Waals surface area (Å²) in [7, 11) is 4.90. The molecule has 15 nitrogen and oxygen atoms in total. The van der Waals surface area contributed by atoms with Crippen molar-refractivity contribution in [2.45, 2.75) is 0 Å². The molecule has 1 aromatic rings. The summed E-state index contributed by atoms with van der Waals surface area (Å²) in [5, 5.41) is 0. The molecule has 0 amide bonds. The van der Waals surface area contributed by atoms with Crippen molar-refractivity contribution in [3.8, 4) is 29.6 Å². The van der Waals surface area contributed by atoms with E-state index in [0.29, 0.717) is 162 Å². The number of hydrogen-bond acceptors (Lipinski definition) is 15. The summed E-state index contributed by atoms with van der Waals surface area (Å²) in [5.74, 6) is 3.92. The smallest absolute Gasteiger partial charge is 0.203 e. The van der Waals surface area contributed by atoms with Gasteiger partial charge in [0.25, 0.3) is 0 Å². The predicted octanol–water partition coefficient (Wildman–Crippen LogP) is 1.89. The van der Waals surface area contributed by atoms with E-state index in [1.165, 1.54) is 0 Å². The molecule has 0 aromatic heterocycles. The fraction of sp³-hybridized carbons (Fsp3) is 0.771. The highest BCUT2D eigenvalue weighted by Gasteiger charge is 2.16. The first kappa shape index (κ1) is 45.7. The van der Waals surface area contributed by atoms with Gasteiger partial charge in [-0.25, -0.2) is 0 Å². The first-order valence-electron chi connectivity index (χ1n) is 17.0. The van der Waals surface area contributed by atoms with Gasteiger partial charge in [0, 0.05) is 26.9 Å². The molecule has 0 fully saturated rings. The maximum absolute atomic E-state index is 6.09. The Morgan fingerprint density at radius 3 is 0.860 bits per heavy atom. The first-order valence-corrected chi connectivity index (χ1v) is 17.0. The molecule has 1 rings (SSSR count). The van der Waals surface area contributed by atoms with Gasteiger partial charge in [-0.15, -0.1) is 6.42 Å². The van der Waals surface area contributed by atoms with Gasteiger partial charge in [-0.05, 0) is 12.1 Å². The van der Waals surface area contributed by atoms with Crippen molar-refractivity contribution in [3.05, 3.63) is 17.7 Å². The monoisotopic (exact) mass is 720 g/mol. The van der Waals surface area contributed by atoms with E-state index in [0.717, 1.165) is 0 Å². The van der Waals surface area contributed by atoms with Crippen LogP contribution in [0.15, 0.2) is 12.1 Å². The molecular weight excluding hydrogens is 660 g/mol. The lowest BCUT2D eigenvalue weighted by molar-refractivity contribution is -0.00160.